The molecule has 22 heavy (non-hydrogen) atoms. The number of hydrogen-bond acceptors (Lipinski definition) is 3. The number of amides is 1. The molecule has 1 aromatic carbocycles. The molecule has 1 aliphatic rings. The number of furan rings is 1. The Kier molecular flexibility index (Phi) is 3.95. The number of aliphatic carboxylic acids is 1. The summed E-state index contributed by atoms with van der Waals surface area (Å²) >= 11 is 3.38. The summed E-state index contributed by atoms with van der Waals surface area (Å²) in [5.74, 6) is -1.03. The van der Waals surface area contributed by atoms with Gasteiger partial charge in [-0.1, -0.05) is 28.8 Å². The van der Waals surface area contributed by atoms with E-state index in [0.717, 1.165) is 22.7 Å². The predicted octanol–water partition coefficient (Wildman–Crippen LogP) is 3.71. The quantitative estimate of drug-likeness (QED) is 0.865. The minimum atomic E-state index is -0.893. The van der Waals surface area contributed by atoms with Crippen LogP contribution in [0.4, 0.5) is 0 Å². The molecule has 0 unspecified atom stereocenters. The lowest BCUT2D eigenvalue weighted by molar-refractivity contribution is -0.138. The van der Waals surface area contributed by atoms with Gasteiger partial charge in [-0.25, -0.2) is 0 Å². The zero-order chi connectivity index (χ0) is 15.7. The molecule has 1 saturated carbocycles. The van der Waals surface area contributed by atoms with Crippen molar-refractivity contribution in [2.75, 3.05) is 0 Å². The molecule has 1 amide bonds. The molecule has 1 heterocycles. The van der Waals surface area contributed by atoms with Crippen molar-refractivity contribution in [1.29, 1.82) is 0 Å². The summed E-state index contributed by atoms with van der Waals surface area (Å²) in [5, 5.41) is 12.8. The first-order valence-electron chi connectivity index (χ1n) is 7.21. The Morgan fingerprint density at radius 1 is 1.27 bits per heavy atom. The maximum absolute atomic E-state index is 12.4. The van der Waals surface area contributed by atoms with Crippen molar-refractivity contribution in [2.24, 2.45) is 0 Å². The van der Waals surface area contributed by atoms with E-state index in [1.807, 2.05) is 12.1 Å². The number of benzene rings is 1. The summed E-state index contributed by atoms with van der Waals surface area (Å²) in [6, 6.07) is 7.19. The zero-order valence-electron chi connectivity index (χ0n) is 11.9. The second kappa shape index (κ2) is 5.76. The Bertz CT molecular complexity index is 731. The number of carboxylic acids is 1. The smallest absolute Gasteiger partial charge is 0.305 e. The third kappa shape index (κ3) is 3.02. The monoisotopic (exact) mass is 365 g/mol. The van der Waals surface area contributed by atoms with Crippen LogP contribution in [0.25, 0.3) is 11.0 Å². The van der Waals surface area contributed by atoms with Gasteiger partial charge in [0.1, 0.15) is 5.58 Å². The largest absolute Gasteiger partial charge is 0.481 e. The van der Waals surface area contributed by atoms with Crippen LogP contribution in [0.3, 0.4) is 0 Å². The lowest BCUT2D eigenvalue weighted by Gasteiger charge is -2.28. The van der Waals surface area contributed by atoms with Gasteiger partial charge in [-0.2, -0.15) is 0 Å². The molecule has 0 bridgehead atoms. The van der Waals surface area contributed by atoms with Gasteiger partial charge in [0.15, 0.2) is 5.76 Å². The highest BCUT2D eigenvalue weighted by Crippen LogP contribution is 2.33. The summed E-state index contributed by atoms with van der Waals surface area (Å²) < 4.78 is 6.47. The molecular formula is C16H16BrNO4. The fraction of sp³-hybridized carbons (Fsp3) is 0.375. The van der Waals surface area contributed by atoms with Gasteiger partial charge in [0.05, 0.1) is 12.0 Å². The first-order valence-corrected chi connectivity index (χ1v) is 8.00. The molecule has 1 fully saturated rings. The molecule has 2 N–H and O–H groups in total. The molecular weight excluding hydrogens is 350 g/mol. The van der Waals surface area contributed by atoms with Gasteiger partial charge in [0, 0.05) is 9.86 Å². The van der Waals surface area contributed by atoms with E-state index >= 15 is 0 Å². The highest BCUT2D eigenvalue weighted by atomic mass is 79.9. The predicted molar refractivity (Wildman–Crippen MR) is 84.8 cm³/mol. The number of fused-ring (bicyclic) bond motifs is 1. The second-order valence-electron chi connectivity index (χ2n) is 5.80. The average Bonchev–Trinajstić information content (AvgIpc) is 3.04. The average molecular weight is 366 g/mol. The molecule has 5 nitrogen and oxygen atoms in total. The highest BCUT2D eigenvalue weighted by Gasteiger charge is 2.38. The van der Waals surface area contributed by atoms with Gasteiger partial charge in [-0.05, 0) is 37.1 Å². The van der Waals surface area contributed by atoms with Crippen molar-refractivity contribution < 1.29 is 19.1 Å². The molecule has 0 spiro atoms. The Morgan fingerprint density at radius 3 is 2.68 bits per heavy atom. The normalized spacial score (nSPS) is 16.8. The van der Waals surface area contributed by atoms with E-state index in [2.05, 4.69) is 21.2 Å². The molecule has 1 aliphatic carbocycles. The molecule has 1 aromatic heterocycles. The highest BCUT2D eigenvalue weighted by molar-refractivity contribution is 9.10. The van der Waals surface area contributed by atoms with E-state index in [1.54, 1.807) is 12.1 Å². The van der Waals surface area contributed by atoms with Crippen LogP contribution in [0.1, 0.15) is 42.7 Å². The first-order chi connectivity index (χ1) is 10.5. The molecule has 0 saturated heterocycles. The number of halogens is 1. The summed E-state index contributed by atoms with van der Waals surface area (Å²) in [4.78, 5) is 23.5. The number of rotatable bonds is 4. The Morgan fingerprint density at radius 2 is 2.00 bits per heavy atom. The van der Waals surface area contributed by atoms with E-state index < -0.39 is 11.5 Å². The van der Waals surface area contributed by atoms with Crippen molar-refractivity contribution in [3.63, 3.8) is 0 Å². The standard InChI is InChI=1S/C16H16BrNO4/c17-11-3-4-12-10(7-11)8-13(22-12)15(21)18-16(9-14(19)20)5-1-2-6-16/h3-4,7-8H,1-2,5-6,9H2,(H,18,21)(H,19,20). The van der Waals surface area contributed by atoms with Gasteiger partial charge in [0.2, 0.25) is 0 Å². The van der Waals surface area contributed by atoms with Crippen LogP contribution in [0.5, 0.6) is 0 Å². The van der Waals surface area contributed by atoms with Gasteiger partial charge in [0.25, 0.3) is 5.91 Å². The number of carboxylic acid groups (broad SMARTS) is 1. The van der Waals surface area contributed by atoms with E-state index in [4.69, 9.17) is 9.52 Å². The summed E-state index contributed by atoms with van der Waals surface area (Å²) in [5.41, 5.74) is -0.0188. The molecule has 2 aromatic rings. The van der Waals surface area contributed by atoms with Crippen LogP contribution in [-0.4, -0.2) is 22.5 Å². The van der Waals surface area contributed by atoms with E-state index in [9.17, 15) is 9.59 Å². The Balaban J connectivity index is 1.83. The minimum Gasteiger partial charge on any atom is -0.481 e. The van der Waals surface area contributed by atoms with Crippen LogP contribution in [0.15, 0.2) is 33.2 Å². The Labute approximate surface area is 135 Å². The topological polar surface area (TPSA) is 79.5 Å². The molecule has 6 heteroatoms. The van der Waals surface area contributed by atoms with Crippen LogP contribution < -0.4 is 5.32 Å². The number of carbonyl (C=O) groups excluding carboxylic acids is 1. The van der Waals surface area contributed by atoms with Crippen molar-refractivity contribution in [3.05, 3.63) is 34.5 Å². The van der Waals surface area contributed by atoms with Gasteiger partial charge >= 0.3 is 5.97 Å². The summed E-state index contributed by atoms with van der Waals surface area (Å²) in [7, 11) is 0. The maximum atomic E-state index is 12.4. The maximum Gasteiger partial charge on any atom is 0.305 e. The van der Waals surface area contributed by atoms with E-state index in [1.165, 1.54) is 0 Å². The molecule has 0 radical (unpaired) electrons. The van der Waals surface area contributed by atoms with Gasteiger partial charge < -0.3 is 14.8 Å². The minimum absolute atomic E-state index is 0.0511. The summed E-state index contributed by atoms with van der Waals surface area (Å²) in [6.45, 7) is 0. The lowest BCUT2D eigenvalue weighted by Crippen LogP contribution is -2.47. The number of carbonyl (C=O) groups is 2. The fourth-order valence-electron chi connectivity index (χ4n) is 3.12. The van der Waals surface area contributed by atoms with Crippen LogP contribution in [0, 0.1) is 0 Å². The number of hydrogen-bond donors (Lipinski definition) is 2. The number of nitrogens with one attached hydrogen (secondary N) is 1. The van der Waals surface area contributed by atoms with Gasteiger partial charge in [-0.15, -0.1) is 0 Å². The fourth-order valence-corrected chi connectivity index (χ4v) is 3.49. The third-order valence-electron chi connectivity index (χ3n) is 4.13. The third-order valence-corrected chi connectivity index (χ3v) is 4.62. The van der Waals surface area contributed by atoms with Gasteiger partial charge in [-0.3, -0.25) is 9.59 Å². The molecule has 0 aliphatic heterocycles. The SMILES string of the molecule is O=C(O)CC1(NC(=O)c2cc3cc(Br)ccc3o2)CCCC1. The molecule has 3 rings (SSSR count). The van der Waals surface area contributed by atoms with Crippen molar-refractivity contribution in [3.8, 4) is 0 Å². The molecule has 0 atom stereocenters. The van der Waals surface area contributed by atoms with Crippen molar-refractivity contribution in [2.45, 2.75) is 37.6 Å². The first kappa shape index (κ1) is 15.1. The van der Waals surface area contributed by atoms with Crippen LogP contribution in [0.2, 0.25) is 0 Å². The zero-order valence-corrected chi connectivity index (χ0v) is 13.5. The second-order valence-corrected chi connectivity index (χ2v) is 6.72. The Hall–Kier alpha value is -1.82. The van der Waals surface area contributed by atoms with Crippen molar-refractivity contribution >= 4 is 38.8 Å². The van der Waals surface area contributed by atoms with Crippen LogP contribution in [-0.2, 0) is 4.79 Å². The van der Waals surface area contributed by atoms with E-state index in [-0.39, 0.29) is 18.1 Å². The van der Waals surface area contributed by atoms with Crippen LogP contribution >= 0.6 is 15.9 Å². The lowest BCUT2D eigenvalue weighted by atomic mass is 9.93. The molecule has 116 valence electrons. The van der Waals surface area contributed by atoms with E-state index in [0.29, 0.717) is 18.4 Å². The van der Waals surface area contributed by atoms with Crippen molar-refractivity contribution in [1.82, 2.24) is 5.32 Å². The summed E-state index contributed by atoms with van der Waals surface area (Å²) in [6.07, 6.45) is 3.19.